The number of hydrogen-bond donors (Lipinski definition) is 2. The predicted octanol–water partition coefficient (Wildman–Crippen LogP) is 0.0902. The van der Waals surface area contributed by atoms with E-state index in [1.165, 1.54) is 16.7 Å². The molecule has 9 heteroatoms. The van der Waals surface area contributed by atoms with Gasteiger partial charge in [-0.3, -0.25) is 19.3 Å². The summed E-state index contributed by atoms with van der Waals surface area (Å²) < 4.78 is 1.86. The fourth-order valence-electron chi connectivity index (χ4n) is 2.96. The number of carbonyl (C=O) groups is 3. The molecule has 0 unspecified atom stereocenters. The molecule has 2 aliphatic rings. The lowest BCUT2D eigenvalue weighted by atomic mass is 9.89. The zero-order valence-corrected chi connectivity index (χ0v) is 13.0. The van der Waals surface area contributed by atoms with Crippen molar-refractivity contribution in [2.75, 3.05) is 19.3 Å². The highest BCUT2D eigenvalue weighted by Crippen LogP contribution is 2.28. The first kappa shape index (κ1) is 14.1. The van der Waals surface area contributed by atoms with E-state index in [1.54, 1.807) is 0 Å². The van der Waals surface area contributed by atoms with E-state index in [4.69, 9.17) is 0 Å². The minimum absolute atomic E-state index is 0.157. The van der Waals surface area contributed by atoms with Gasteiger partial charge in [0.1, 0.15) is 0 Å². The van der Waals surface area contributed by atoms with Gasteiger partial charge in [0.15, 0.2) is 16.4 Å². The van der Waals surface area contributed by atoms with Crippen molar-refractivity contribution in [1.29, 1.82) is 0 Å². The van der Waals surface area contributed by atoms with E-state index in [0.717, 1.165) is 10.7 Å². The minimum Gasteiger partial charge on any atom is -0.331 e. The van der Waals surface area contributed by atoms with Crippen molar-refractivity contribution in [1.82, 2.24) is 24.9 Å². The average Bonchev–Trinajstić information content (AvgIpc) is 3.02. The van der Waals surface area contributed by atoms with Gasteiger partial charge < -0.3 is 10.2 Å². The molecule has 2 aliphatic heterocycles. The van der Waals surface area contributed by atoms with Crippen LogP contribution in [-0.2, 0) is 4.79 Å². The van der Waals surface area contributed by atoms with Crippen LogP contribution in [0.15, 0.2) is 29.6 Å². The topological polar surface area (TPSA) is 95.8 Å². The number of amides is 4. The van der Waals surface area contributed by atoms with E-state index in [0.29, 0.717) is 5.69 Å². The Morgan fingerprint density at radius 2 is 2.13 bits per heavy atom. The van der Waals surface area contributed by atoms with Crippen LogP contribution in [0.1, 0.15) is 10.5 Å². The molecule has 4 heterocycles. The van der Waals surface area contributed by atoms with E-state index >= 15 is 0 Å². The molecule has 0 atom stereocenters. The normalized spacial score (nSPS) is 18.9. The summed E-state index contributed by atoms with van der Waals surface area (Å²) in [4.78, 5) is 41.7. The van der Waals surface area contributed by atoms with Crippen molar-refractivity contribution in [2.45, 2.75) is 10.7 Å². The monoisotopic (exact) mass is 331 g/mol. The van der Waals surface area contributed by atoms with Gasteiger partial charge in [0.05, 0.1) is 18.6 Å². The van der Waals surface area contributed by atoms with Crippen LogP contribution in [-0.4, -0.2) is 57.0 Å². The number of nitrogens with one attached hydrogen (secondary N) is 2. The second kappa shape index (κ2) is 4.72. The molecule has 0 aliphatic carbocycles. The average molecular weight is 331 g/mol. The molecule has 2 saturated heterocycles. The van der Waals surface area contributed by atoms with Crippen molar-refractivity contribution < 1.29 is 14.4 Å². The molecule has 2 N–H and O–H groups in total. The van der Waals surface area contributed by atoms with Gasteiger partial charge in [-0.25, -0.2) is 9.78 Å². The highest BCUT2D eigenvalue weighted by atomic mass is 32.2. The number of carbonyl (C=O) groups excluding carboxylic acids is 3. The highest BCUT2D eigenvalue weighted by Gasteiger charge is 2.56. The standard InChI is InChI=1S/C14H13N5O3S/c1-23-13-15-9(8-4-2-3-5-19(8)13)10(20)18-6-14(7-18)11(21)16-12(22)17-14/h2-5H,6-7H2,1H3,(H2,16,17,21,22). The van der Waals surface area contributed by atoms with Crippen LogP contribution in [0, 0.1) is 0 Å². The number of fused-ring (bicyclic) bond motifs is 1. The number of imidazole rings is 1. The maximum absolute atomic E-state index is 12.7. The number of hydrogen-bond acceptors (Lipinski definition) is 5. The van der Waals surface area contributed by atoms with Gasteiger partial charge in [0.2, 0.25) is 0 Å². The summed E-state index contributed by atoms with van der Waals surface area (Å²) in [5, 5.41) is 5.51. The number of imide groups is 1. The van der Waals surface area contributed by atoms with E-state index in [-0.39, 0.29) is 24.9 Å². The molecular formula is C14H13N5O3S. The molecule has 0 saturated carbocycles. The molecule has 4 amide bonds. The molecule has 1 spiro atoms. The molecule has 2 aromatic rings. The summed E-state index contributed by atoms with van der Waals surface area (Å²) in [6, 6.07) is 5.04. The van der Waals surface area contributed by atoms with Crippen molar-refractivity contribution in [2.24, 2.45) is 0 Å². The predicted molar refractivity (Wildman–Crippen MR) is 82.3 cm³/mol. The number of aromatic nitrogens is 2. The van der Waals surface area contributed by atoms with Gasteiger partial charge in [-0.2, -0.15) is 0 Å². The van der Waals surface area contributed by atoms with E-state index in [2.05, 4.69) is 15.6 Å². The van der Waals surface area contributed by atoms with Gasteiger partial charge in [0.25, 0.3) is 11.8 Å². The Morgan fingerprint density at radius 3 is 2.78 bits per heavy atom. The Morgan fingerprint density at radius 1 is 1.35 bits per heavy atom. The van der Waals surface area contributed by atoms with Crippen LogP contribution in [0.3, 0.4) is 0 Å². The molecule has 2 aromatic heterocycles. The summed E-state index contributed by atoms with van der Waals surface area (Å²) in [5.41, 5.74) is 0.0992. The molecular weight excluding hydrogens is 318 g/mol. The van der Waals surface area contributed by atoms with Crippen LogP contribution in [0.2, 0.25) is 0 Å². The largest absolute Gasteiger partial charge is 0.331 e. The third-order valence-corrected chi connectivity index (χ3v) is 4.78. The summed E-state index contributed by atoms with van der Waals surface area (Å²) in [6.45, 7) is 0.313. The number of thioether (sulfide) groups is 1. The van der Waals surface area contributed by atoms with Crippen molar-refractivity contribution in [3.05, 3.63) is 30.1 Å². The summed E-state index contributed by atoms with van der Waals surface area (Å²) >= 11 is 1.45. The maximum Gasteiger partial charge on any atom is 0.322 e. The summed E-state index contributed by atoms with van der Waals surface area (Å²) in [5.74, 6) is -0.625. The quantitative estimate of drug-likeness (QED) is 0.601. The Labute approximate surface area is 135 Å². The third kappa shape index (κ3) is 1.93. The number of pyridine rings is 1. The Hall–Kier alpha value is -2.55. The van der Waals surface area contributed by atoms with Crippen molar-refractivity contribution >= 4 is 35.1 Å². The molecule has 0 bridgehead atoms. The van der Waals surface area contributed by atoms with E-state index in [9.17, 15) is 14.4 Å². The molecule has 118 valence electrons. The molecule has 0 aromatic carbocycles. The van der Waals surface area contributed by atoms with Gasteiger partial charge >= 0.3 is 6.03 Å². The second-order valence-corrected chi connectivity index (χ2v) is 6.33. The lowest BCUT2D eigenvalue weighted by molar-refractivity contribution is -0.128. The van der Waals surface area contributed by atoms with Gasteiger partial charge in [-0.1, -0.05) is 17.8 Å². The van der Waals surface area contributed by atoms with Gasteiger partial charge in [-0.15, -0.1) is 0 Å². The van der Waals surface area contributed by atoms with Crippen molar-refractivity contribution in [3.63, 3.8) is 0 Å². The van der Waals surface area contributed by atoms with E-state index in [1.807, 2.05) is 35.1 Å². The smallest absolute Gasteiger partial charge is 0.322 e. The van der Waals surface area contributed by atoms with Crippen LogP contribution >= 0.6 is 11.8 Å². The Balaban J connectivity index is 1.62. The van der Waals surface area contributed by atoms with Crippen LogP contribution < -0.4 is 10.6 Å². The molecule has 4 rings (SSSR count). The first-order valence-corrected chi connectivity index (χ1v) is 8.20. The molecule has 23 heavy (non-hydrogen) atoms. The van der Waals surface area contributed by atoms with Gasteiger partial charge in [-0.05, 0) is 18.4 Å². The van der Waals surface area contributed by atoms with Crippen molar-refractivity contribution in [3.8, 4) is 0 Å². The first-order chi connectivity index (χ1) is 11.0. The van der Waals surface area contributed by atoms with Gasteiger partial charge in [0, 0.05) is 6.20 Å². The maximum atomic E-state index is 12.7. The Bertz CT molecular complexity index is 855. The third-order valence-electron chi connectivity index (χ3n) is 4.12. The summed E-state index contributed by atoms with van der Waals surface area (Å²) in [6.07, 6.45) is 3.75. The number of urea groups is 1. The zero-order chi connectivity index (χ0) is 16.2. The van der Waals surface area contributed by atoms with Crippen LogP contribution in [0.5, 0.6) is 0 Å². The number of likely N-dealkylation sites (tertiary alicyclic amines) is 1. The SMILES string of the molecule is CSc1nc(C(=O)N2CC3(C2)NC(=O)NC3=O)c2ccccn12. The number of rotatable bonds is 2. The zero-order valence-electron chi connectivity index (χ0n) is 12.2. The van der Waals surface area contributed by atoms with E-state index < -0.39 is 11.6 Å². The molecule has 8 nitrogen and oxygen atoms in total. The highest BCUT2D eigenvalue weighted by molar-refractivity contribution is 7.98. The second-order valence-electron chi connectivity index (χ2n) is 5.55. The first-order valence-electron chi connectivity index (χ1n) is 6.98. The lowest BCUT2D eigenvalue weighted by Gasteiger charge is -2.44. The van der Waals surface area contributed by atoms with Crippen LogP contribution in [0.4, 0.5) is 4.79 Å². The summed E-state index contributed by atoms with van der Waals surface area (Å²) in [7, 11) is 0. The molecule has 2 fully saturated rings. The van der Waals surface area contributed by atoms with Crippen LogP contribution in [0.25, 0.3) is 5.52 Å². The molecule has 0 radical (unpaired) electrons. The fourth-order valence-corrected chi connectivity index (χ4v) is 3.50. The Kier molecular flexibility index (Phi) is 2.89. The minimum atomic E-state index is -0.982. The lowest BCUT2D eigenvalue weighted by Crippen LogP contribution is -2.71. The fraction of sp³-hybridized carbons (Fsp3) is 0.286. The number of nitrogens with zero attached hydrogens (tertiary/aromatic N) is 3.